The lowest BCUT2D eigenvalue weighted by atomic mass is 10.2. The molecule has 0 unspecified atom stereocenters. The van der Waals surface area contributed by atoms with Crippen molar-refractivity contribution in [3.8, 4) is 5.75 Å². The Morgan fingerprint density at radius 3 is 2.95 bits per heavy atom. The average molecular weight is 290 g/mol. The molecule has 0 spiro atoms. The number of carboxylic acids is 1. The fourth-order valence-electron chi connectivity index (χ4n) is 1.59. The first-order valence-electron chi connectivity index (χ1n) is 5.87. The second-order valence-electron chi connectivity index (χ2n) is 4.00. The van der Waals surface area contributed by atoms with Crippen LogP contribution in [-0.2, 0) is 11.4 Å². The summed E-state index contributed by atoms with van der Waals surface area (Å²) in [5, 5.41) is 9.19. The van der Waals surface area contributed by atoms with Crippen molar-refractivity contribution < 1.29 is 14.6 Å². The zero-order valence-electron chi connectivity index (χ0n) is 10.5. The molecule has 1 aromatic carbocycles. The van der Waals surface area contributed by atoms with Gasteiger partial charge in [0.2, 0.25) is 0 Å². The molecule has 0 radical (unpaired) electrons. The largest absolute Gasteiger partial charge is 0.488 e. The van der Waals surface area contributed by atoms with Crippen molar-refractivity contribution in [1.29, 1.82) is 0 Å². The molecule has 20 heavy (non-hydrogen) atoms. The Labute approximate surface area is 121 Å². The van der Waals surface area contributed by atoms with Gasteiger partial charge in [-0.1, -0.05) is 17.7 Å². The van der Waals surface area contributed by atoms with Gasteiger partial charge in [0, 0.05) is 34.6 Å². The summed E-state index contributed by atoms with van der Waals surface area (Å²) in [5.41, 5.74) is 1.54. The number of carboxylic acid groups (broad SMARTS) is 1. The van der Waals surface area contributed by atoms with Crippen molar-refractivity contribution in [2.75, 3.05) is 0 Å². The van der Waals surface area contributed by atoms with Crippen LogP contribution in [0.2, 0.25) is 5.02 Å². The van der Waals surface area contributed by atoms with Crippen LogP contribution in [0.5, 0.6) is 5.75 Å². The maximum Gasteiger partial charge on any atom is 0.328 e. The molecule has 2 aromatic rings. The Morgan fingerprint density at radius 1 is 1.40 bits per heavy atom. The maximum atomic E-state index is 10.6. The fraction of sp³-hybridized carbons (Fsp3) is 0.0667. The van der Waals surface area contributed by atoms with E-state index in [-0.39, 0.29) is 0 Å². The molecule has 102 valence electrons. The topological polar surface area (TPSA) is 59.4 Å². The van der Waals surface area contributed by atoms with Crippen LogP contribution in [-0.4, -0.2) is 16.1 Å². The summed E-state index contributed by atoms with van der Waals surface area (Å²) >= 11 is 5.90. The first-order chi connectivity index (χ1) is 9.65. The van der Waals surface area contributed by atoms with Gasteiger partial charge in [0.1, 0.15) is 12.4 Å². The molecule has 4 nitrogen and oxygen atoms in total. The average Bonchev–Trinajstić information content (AvgIpc) is 2.45. The highest BCUT2D eigenvalue weighted by Crippen LogP contribution is 2.25. The van der Waals surface area contributed by atoms with E-state index in [1.165, 1.54) is 6.08 Å². The summed E-state index contributed by atoms with van der Waals surface area (Å²) in [6, 6.07) is 8.78. The minimum Gasteiger partial charge on any atom is -0.488 e. The van der Waals surface area contributed by atoms with Crippen LogP contribution in [0.1, 0.15) is 11.1 Å². The number of rotatable bonds is 5. The van der Waals surface area contributed by atoms with Gasteiger partial charge in [-0.3, -0.25) is 4.98 Å². The Morgan fingerprint density at radius 2 is 2.25 bits per heavy atom. The molecule has 0 amide bonds. The highest BCUT2D eigenvalue weighted by molar-refractivity contribution is 6.30. The van der Waals surface area contributed by atoms with Crippen molar-refractivity contribution in [2.45, 2.75) is 6.61 Å². The van der Waals surface area contributed by atoms with Crippen LogP contribution >= 0.6 is 11.6 Å². The molecular weight excluding hydrogens is 278 g/mol. The highest BCUT2D eigenvalue weighted by atomic mass is 35.5. The van der Waals surface area contributed by atoms with Crippen LogP contribution in [0.3, 0.4) is 0 Å². The van der Waals surface area contributed by atoms with Gasteiger partial charge in [-0.15, -0.1) is 0 Å². The van der Waals surface area contributed by atoms with Crippen molar-refractivity contribution in [3.63, 3.8) is 0 Å². The van der Waals surface area contributed by atoms with E-state index in [9.17, 15) is 4.79 Å². The smallest absolute Gasteiger partial charge is 0.328 e. The molecule has 0 saturated carbocycles. The Hall–Kier alpha value is -2.33. The Kier molecular flexibility index (Phi) is 4.74. The molecule has 0 aliphatic carbocycles. The van der Waals surface area contributed by atoms with Gasteiger partial charge in [0.15, 0.2) is 0 Å². The van der Waals surface area contributed by atoms with E-state index in [0.717, 1.165) is 11.6 Å². The summed E-state index contributed by atoms with van der Waals surface area (Å²) in [6.45, 7) is 0.351. The number of benzene rings is 1. The number of aliphatic carboxylic acids is 1. The molecule has 0 aliphatic heterocycles. The molecule has 0 fully saturated rings. The second kappa shape index (κ2) is 6.73. The van der Waals surface area contributed by atoms with Gasteiger partial charge in [-0.25, -0.2) is 4.79 Å². The van der Waals surface area contributed by atoms with Crippen LogP contribution in [0.15, 0.2) is 48.8 Å². The highest BCUT2D eigenvalue weighted by Gasteiger charge is 2.03. The first kappa shape index (κ1) is 14.1. The molecule has 1 aromatic heterocycles. The van der Waals surface area contributed by atoms with Crippen molar-refractivity contribution in [3.05, 3.63) is 65.0 Å². The third kappa shape index (κ3) is 4.10. The number of pyridine rings is 1. The summed E-state index contributed by atoms with van der Waals surface area (Å²) in [7, 11) is 0. The molecule has 0 atom stereocenters. The number of halogens is 1. The van der Waals surface area contributed by atoms with Crippen LogP contribution in [0, 0.1) is 0 Å². The van der Waals surface area contributed by atoms with E-state index in [1.54, 1.807) is 30.6 Å². The molecule has 1 heterocycles. The normalized spacial score (nSPS) is 10.7. The van der Waals surface area contributed by atoms with Crippen LogP contribution < -0.4 is 4.74 Å². The Balaban J connectivity index is 2.16. The minimum absolute atomic E-state index is 0.351. The SMILES string of the molecule is O=C(O)/C=C/c1cc(Cl)ccc1OCc1cccnc1. The molecule has 2 rings (SSSR count). The number of ether oxygens (including phenoxy) is 1. The summed E-state index contributed by atoms with van der Waals surface area (Å²) < 4.78 is 5.67. The zero-order chi connectivity index (χ0) is 14.4. The second-order valence-corrected chi connectivity index (χ2v) is 4.44. The predicted octanol–water partition coefficient (Wildman–Crippen LogP) is 3.41. The molecule has 5 heteroatoms. The van der Waals surface area contributed by atoms with Gasteiger partial charge in [0.25, 0.3) is 0 Å². The van der Waals surface area contributed by atoms with E-state index < -0.39 is 5.97 Å². The van der Waals surface area contributed by atoms with Gasteiger partial charge in [-0.05, 0) is 30.3 Å². The van der Waals surface area contributed by atoms with Gasteiger partial charge in [-0.2, -0.15) is 0 Å². The third-order valence-corrected chi connectivity index (χ3v) is 2.73. The number of carbonyl (C=O) groups is 1. The summed E-state index contributed by atoms with van der Waals surface area (Å²) in [5.74, 6) is -0.459. The summed E-state index contributed by atoms with van der Waals surface area (Å²) in [6.07, 6.45) is 5.89. The number of hydrogen-bond acceptors (Lipinski definition) is 3. The summed E-state index contributed by atoms with van der Waals surface area (Å²) in [4.78, 5) is 14.6. The van der Waals surface area contributed by atoms with E-state index in [4.69, 9.17) is 21.4 Å². The quantitative estimate of drug-likeness (QED) is 0.857. The van der Waals surface area contributed by atoms with Gasteiger partial charge in [0.05, 0.1) is 0 Å². The maximum absolute atomic E-state index is 10.6. The van der Waals surface area contributed by atoms with E-state index >= 15 is 0 Å². The van der Waals surface area contributed by atoms with Crippen LogP contribution in [0.25, 0.3) is 6.08 Å². The standard InChI is InChI=1S/C15H12ClNO3/c16-13-4-5-14(12(8-13)3-6-15(18)19)20-10-11-2-1-7-17-9-11/h1-9H,10H2,(H,18,19)/b6-3+. The van der Waals surface area contributed by atoms with Crippen molar-refractivity contribution in [2.24, 2.45) is 0 Å². The lowest BCUT2D eigenvalue weighted by Crippen LogP contribution is -1.97. The first-order valence-corrected chi connectivity index (χ1v) is 6.25. The lowest BCUT2D eigenvalue weighted by molar-refractivity contribution is -0.131. The van der Waals surface area contributed by atoms with Gasteiger partial charge < -0.3 is 9.84 Å². The van der Waals surface area contributed by atoms with E-state index in [2.05, 4.69) is 4.98 Å². The van der Waals surface area contributed by atoms with E-state index in [0.29, 0.717) is 22.9 Å². The molecule has 0 saturated heterocycles. The molecule has 0 bridgehead atoms. The van der Waals surface area contributed by atoms with E-state index in [1.807, 2.05) is 12.1 Å². The molecule has 0 aliphatic rings. The molecular formula is C15H12ClNO3. The predicted molar refractivity (Wildman–Crippen MR) is 76.7 cm³/mol. The minimum atomic E-state index is -1.02. The van der Waals surface area contributed by atoms with Crippen molar-refractivity contribution in [1.82, 2.24) is 4.98 Å². The van der Waals surface area contributed by atoms with Gasteiger partial charge >= 0.3 is 5.97 Å². The van der Waals surface area contributed by atoms with Crippen LogP contribution in [0.4, 0.5) is 0 Å². The lowest BCUT2D eigenvalue weighted by Gasteiger charge is -2.09. The number of hydrogen-bond donors (Lipinski definition) is 1. The third-order valence-electron chi connectivity index (χ3n) is 2.49. The number of aromatic nitrogens is 1. The van der Waals surface area contributed by atoms with Crippen molar-refractivity contribution >= 4 is 23.6 Å². The monoisotopic (exact) mass is 289 g/mol. The Bertz CT molecular complexity index is 626. The zero-order valence-corrected chi connectivity index (χ0v) is 11.2. The molecule has 1 N–H and O–H groups in total. The fourth-order valence-corrected chi connectivity index (χ4v) is 1.77. The number of nitrogens with zero attached hydrogens (tertiary/aromatic N) is 1.